The van der Waals surface area contributed by atoms with Gasteiger partial charge in [-0.3, -0.25) is 9.10 Å². The molecule has 0 unspecified atom stereocenters. The normalized spacial score (nSPS) is 13.9. The number of piperazine rings is 1. The van der Waals surface area contributed by atoms with Gasteiger partial charge >= 0.3 is 0 Å². The molecule has 1 aliphatic rings. The number of carbonyl (C=O) groups excluding carboxylic acids is 1. The number of amides is 1. The average molecular weight is 510 g/mol. The first-order chi connectivity index (χ1) is 17.3. The summed E-state index contributed by atoms with van der Waals surface area (Å²) in [6.07, 6.45) is 0. The minimum atomic E-state index is -3.99. The van der Waals surface area contributed by atoms with Crippen LogP contribution in [0.2, 0.25) is 0 Å². The van der Waals surface area contributed by atoms with E-state index < -0.39 is 10.0 Å². The number of carbonyl (C=O) groups is 1. The van der Waals surface area contributed by atoms with Gasteiger partial charge in [0.1, 0.15) is 18.0 Å². The lowest BCUT2D eigenvalue weighted by atomic mass is 10.2. The van der Waals surface area contributed by atoms with E-state index in [1.54, 1.807) is 62.4 Å². The smallest absolute Gasteiger partial charge is 0.264 e. The molecule has 3 aromatic carbocycles. The fourth-order valence-corrected chi connectivity index (χ4v) is 5.78. The third-order valence-electron chi connectivity index (χ3n) is 6.35. The van der Waals surface area contributed by atoms with Crippen LogP contribution >= 0.6 is 0 Å². The van der Waals surface area contributed by atoms with Crippen molar-refractivity contribution < 1.29 is 22.7 Å². The van der Waals surface area contributed by atoms with Gasteiger partial charge in [-0.05, 0) is 67.1 Å². The number of hydrogen-bond donors (Lipinski definition) is 0. The molecule has 9 heteroatoms. The molecular weight excluding hydrogens is 478 g/mol. The quantitative estimate of drug-likeness (QED) is 0.462. The first kappa shape index (κ1) is 25.4. The van der Waals surface area contributed by atoms with Gasteiger partial charge in [0.2, 0.25) is 5.91 Å². The fourth-order valence-electron chi connectivity index (χ4n) is 4.28. The van der Waals surface area contributed by atoms with Crippen LogP contribution < -0.4 is 18.7 Å². The maximum atomic E-state index is 13.7. The molecule has 0 aliphatic carbocycles. The summed E-state index contributed by atoms with van der Waals surface area (Å²) in [6, 6.07) is 21.3. The lowest BCUT2D eigenvalue weighted by molar-refractivity contribution is -0.129. The highest BCUT2D eigenvalue weighted by Gasteiger charge is 2.30. The highest BCUT2D eigenvalue weighted by molar-refractivity contribution is 7.92. The molecule has 0 radical (unpaired) electrons. The molecule has 1 heterocycles. The van der Waals surface area contributed by atoms with E-state index in [0.29, 0.717) is 43.2 Å². The molecule has 4 rings (SSSR count). The number of aryl methyl sites for hydroxylation is 1. The average Bonchev–Trinajstić information content (AvgIpc) is 2.92. The Morgan fingerprint density at radius 3 is 2.14 bits per heavy atom. The molecule has 8 nitrogen and oxygen atoms in total. The van der Waals surface area contributed by atoms with Crippen molar-refractivity contribution in [3.63, 3.8) is 0 Å². The molecular formula is C27H31N3O5S. The Bertz CT molecular complexity index is 1290. The summed E-state index contributed by atoms with van der Waals surface area (Å²) in [4.78, 5) is 17.4. The number of benzene rings is 3. The molecule has 0 N–H and O–H groups in total. The second-order valence-electron chi connectivity index (χ2n) is 8.54. The van der Waals surface area contributed by atoms with Crippen molar-refractivity contribution in [3.05, 3.63) is 78.4 Å². The Labute approximate surface area is 212 Å². The van der Waals surface area contributed by atoms with E-state index in [1.807, 2.05) is 30.3 Å². The second kappa shape index (κ2) is 10.9. The highest BCUT2D eigenvalue weighted by Crippen LogP contribution is 2.28. The molecule has 3 aromatic rings. The molecule has 1 fully saturated rings. The molecule has 0 aromatic heterocycles. The molecule has 1 aliphatic heterocycles. The highest BCUT2D eigenvalue weighted by atomic mass is 32.2. The molecule has 0 spiro atoms. The van der Waals surface area contributed by atoms with E-state index in [0.717, 1.165) is 11.4 Å². The minimum absolute atomic E-state index is 0.113. The van der Waals surface area contributed by atoms with E-state index in [9.17, 15) is 13.2 Å². The number of nitrogens with zero attached hydrogens (tertiary/aromatic N) is 3. The number of anilines is 2. The molecule has 0 atom stereocenters. The molecule has 0 saturated carbocycles. The third-order valence-corrected chi connectivity index (χ3v) is 8.12. The van der Waals surface area contributed by atoms with Crippen LogP contribution in [-0.2, 0) is 14.8 Å². The van der Waals surface area contributed by atoms with Crippen LogP contribution in [0.5, 0.6) is 11.5 Å². The van der Waals surface area contributed by atoms with Gasteiger partial charge in [-0.2, -0.15) is 0 Å². The van der Waals surface area contributed by atoms with Crippen molar-refractivity contribution >= 4 is 27.3 Å². The number of ether oxygens (including phenoxy) is 2. The molecule has 190 valence electrons. The lowest BCUT2D eigenvalue weighted by Crippen LogP contribution is -2.52. The Morgan fingerprint density at radius 2 is 1.56 bits per heavy atom. The van der Waals surface area contributed by atoms with Crippen molar-refractivity contribution in [2.75, 3.05) is 56.1 Å². The number of rotatable bonds is 8. The standard InChI is InChI=1S/C27H31N3O5S/c1-21-19-25(13-14-26(21)35-3)36(32,33)30(23-7-5-4-6-8-23)20-27(31)29-17-15-28(16-18-29)22-9-11-24(34-2)12-10-22/h4-14,19H,15-18,20H2,1-3H3. The van der Waals surface area contributed by atoms with E-state index in [2.05, 4.69) is 4.90 Å². The predicted molar refractivity (Wildman–Crippen MR) is 140 cm³/mol. The number of hydrogen-bond acceptors (Lipinski definition) is 6. The summed E-state index contributed by atoms with van der Waals surface area (Å²) < 4.78 is 39.1. The largest absolute Gasteiger partial charge is 0.497 e. The van der Waals surface area contributed by atoms with Crippen molar-refractivity contribution in [2.45, 2.75) is 11.8 Å². The number of para-hydroxylation sites is 1. The Morgan fingerprint density at radius 1 is 0.889 bits per heavy atom. The third kappa shape index (κ3) is 5.41. The number of methoxy groups -OCH3 is 2. The Kier molecular flexibility index (Phi) is 7.69. The fraction of sp³-hybridized carbons (Fsp3) is 0.296. The van der Waals surface area contributed by atoms with Gasteiger partial charge in [0.25, 0.3) is 10.0 Å². The maximum absolute atomic E-state index is 13.7. The maximum Gasteiger partial charge on any atom is 0.264 e. The van der Waals surface area contributed by atoms with Crippen LogP contribution in [0.3, 0.4) is 0 Å². The lowest BCUT2D eigenvalue weighted by Gasteiger charge is -2.37. The monoisotopic (exact) mass is 509 g/mol. The van der Waals surface area contributed by atoms with Crippen LogP contribution in [0.4, 0.5) is 11.4 Å². The molecule has 1 amide bonds. The van der Waals surface area contributed by atoms with Crippen molar-refractivity contribution in [3.8, 4) is 11.5 Å². The summed E-state index contributed by atoms with van der Waals surface area (Å²) in [5, 5.41) is 0. The van der Waals surface area contributed by atoms with E-state index in [-0.39, 0.29) is 17.3 Å². The van der Waals surface area contributed by atoms with Gasteiger partial charge in [0, 0.05) is 31.9 Å². The number of sulfonamides is 1. The summed E-state index contributed by atoms with van der Waals surface area (Å²) >= 11 is 0. The Hall–Kier alpha value is -3.72. The van der Waals surface area contributed by atoms with Gasteiger partial charge in [0.05, 0.1) is 24.8 Å². The van der Waals surface area contributed by atoms with Crippen LogP contribution in [0.15, 0.2) is 77.7 Å². The van der Waals surface area contributed by atoms with Crippen LogP contribution in [0.25, 0.3) is 0 Å². The first-order valence-electron chi connectivity index (χ1n) is 11.7. The van der Waals surface area contributed by atoms with Gasteiger partial charge < -0.3 is 19.3 Å². The van der Waals surface area contributed by atoms with E-state index in [1.165, 1.54) is 10.4 Å². The predicted octanol–water partition coefficient (Wildman–Crippen LogP) is 3.56. The Balaban J connectivity index is 1.51. The van der Waals surface area contributed by atoms with Gasteiger partial charge in [-0.25, -0.2) is 8.42 Å². The first-order valence-corrected chi connectivity index (χ1v) is 13.2. The van der Waals surface area contributed by atoms with Crippen molar-refractivity contribution in [1.29, 1.82) is 0 Å². The van der Waals surface area contributed by atoms with Gasteiger partial charge in [-0.1, -0.05) is 18.2 Å². The van der Waals surface area contributed by atoms with Crippen molar-refractivity contribution in [1.82, 2.24) is 4.90 Å². The minimum Gasteiger partial charge on any atom is -0.497 e. The zero-order chi connectivity index (χ0) is 25.7. The zero-order valence-electron chi connectivity index (χ0n) is 20.8. The summed E-state index contributed by atoms with van der Waals surface area (Å²) in [6.45, 7) is 3.85. The topological polar surface area (TPSA) is 79.4 Å². The van der Waals surface area contributed by atoms with Crippen LogP contribution in [0, 0.1) is 6.92 Å². The van der Waals surface area contributed by atoms with E-state index in [4.69, 9.17) is 9.47 Å². The summed E-state index contributed by atoms with van der Waals surface area (Å²) in [5.41, 5.74) is 2.20. The second-order valence-corrected chi connectivity index (χ2v) is 10.4. The van der Waals surface area contributed by atoms with Gasteiger partial charge in [0.15, 0.2) is 0 Å². The summed E-state index contributed by atoms with van der Waals surface area (Å²) in [7, 11) is -0.813. The van der Waals surface area contributed by atoms with Crippen molar-refractivity contribution in [2.24, 2.45) is 0 Å². The van der Waals surface area contributed by atoms with Crippen LogP contribution in [-0.4, -0.2) is 66.2 Å². The molecule has 0 bridgehead atoms. The van der Waals surface area contributed by atoms with Crippen LogP contribution in [0.1, 0.15) is 5.56 Å². The van der Waals surface area contributed by atoms with Gasteiger partial charge in [-0.15, -0.1) is 0 Å². The van der Waals surface area contributed by atoms with E-state index >= 15 is 0 Å². The molecule has 36 heavy (non-hydrogen) atoms. The SMILES string of the molecule is COc1ccc(N2CCN(C(=O)CN(c3ccccc3)S(=O)(=O)c3ccc(OC)c(C)c3)CC2)cc1. The molecule has 1 saturated heterocycles. The summed E-state index contributed by atoms with van der Waals surface area (Å²) in [5.74, 6) is 1.16. The zero-order valence-corrected chi connectivity index (χ0v) is 21.6.